The van der Waals surface area contributed by atoms with Crippen LogP contribution in [-0.4, -0.2) is 35.7 Å². The van der Waals surface area contributed by atoms with Gasteiger partial charge in [0.25, 0.3) is 0 Å². The predicted molar refractivity (Wildman–Crippen MR) is 62.2 cm³/mol. The van der Waals surface area contributed by atoms with Crippen LogP contribution in [0.2, 0.25) is 0 Å². The molecule has 0 spiro atoms. The molecule has 7 heteroatoms. The Morgan fingerprint density at radius 3 is 2.29 bits per heavy atom. The van der Waals surface area contributed by atoms with Gasteiger partial charge in [0.1, 0.15) is 0 Å². The van der Waals surface area contributed by atoms with Crippen molar-refractivity contribution in [2.24, 2.45) is 0 Å². The van der Waals surface area contributed by atoms with Crippen molar-refractivity contribution in [2.45, 2.75) is 13.3 Å². The van der Waals surface area contributed by atoms with Crippen molar-refractivity contribution in [1.29, 1.82) is 0 Å². The van der Waals surface area contributed by atoms with Crippen LogP contribution in [0.3, 0.4) is 0 Å². The van der Waals surface area contributed by atoms with Gasteiger partial charge >= 0.3 is 6.80 Å². The molecule has 0 aliphatic heterocycles. The Bertz CT molecular complexity index is 214. The highest BCUT2D eigenvalue weighted by Crippen LogP contribution is 2.59. The zero-order chi connectivity index (χ0) is 11.0. The lowest BCUT2D eigenvalue weighted by Gasteiger charge is -2.11. The van der Waals surface area contributed by atoms with Crippen LogP contribution in [0.4, 0.5) is 0 Å². The van der Waals surface area contributed by atoms with Crippen molar-refractivity contribution >= 4 is 29.0 Å². The van der Waals surface area contributed by atoms with Crippen LogP contribution in [-0.2, 0) is 24.4 Å². The number of rotatable bonds is 8. The van der Waals surface area contributed by atoms with Gasteiger partial charge < -0.3 is 9.05 Å². The molecular formula is C7H17O4PS2. The molecule has 0 aromatic rings. The van der Waals surface area contributed by atoms with E-state index < -0.39 is 17.6 Å². The van der Waals surface area contributed by atoms with Crippen LogP contribution in [0.15, 0.2) is 0 Å². The first-order valence-corrected chi connectivity index (χ1v) is 8.91. The van der Waals surface area contributed by atoms with Gasteiger partial charge in [-0.15, -0.1) is 0 Å². The summed E-state index contributed by atoms with van der Waals surface area (Å²) in [5.41, 5.74) is 0. The maximum absolute atomic E-state index is 11.5. The second-order valence-electron chi connectivity index (χ2n) is 2.49. The van der Waals surface area contributed by atoms with E-state index in [1.807, 2.05) is 6.92 Å². The summed E-state index contributed by atoms with van der Waals surface area (Å²) in [6, 6.07) is 0. The molecule has 86 valence electrons. The molecule has 0 heterocycles. The summed E-state index contributed by atoms with van der Waals surface area (Å²) in [5.74, 6) is 1.77. The molecule has 4 nitrogen and oxygen atoms in total. The fraction of sp³-hybridized carbons (Fsp3) is 1.00. The minimum Gasteiger partial charge on any atom is -0.304 e. The standard InChI is InChI=1S/C7H17O4PS2/c1-4-6-14(9)7-5-13-12(8,10-2)11-3/h4-7H2,1-3H3. The Labute approximate surface area is 91.9 Å². The third-order valence-corrected chi connectivity index (χ3v) is 7.21. The van der Waals surface area contributed by atoms with Gasteiger partial charge in [-0.3, -0.25) is 4.21 Å². The fourth-order valence-electron chi connectivity index (χ4n) is 0.752. The third-order valence-electron chi connectivity index (χ3n) is 1.44. The van der Waals surface area contributed by atoms with Crippen molar-refractivity contribution < 1.29 is 17.8 Å². The maximum atomic E-state index is 11.5. The molecule has 1 atom stereocenters. The lowest BCUT2D eigenvalue weighted by Crippen LogP contribution is -2.04. The Hall–Kier alpha value is 0.650. The van der Waals surface area contributed by atoms with Crippen LogP contribution in [0.25, 0.3) is 0 Å². The molecule has 0 bridgehead atoms. The smallest absolute Gasteiger partial charge is 0.304 e. The second kappa shape index (κ2) is 7.88. The van der Waals surface area contributed by atoms with Crippen molar-refractivity contribution in [3.8, 4) is 0 Å². The van der Waals surface area contributed by atoms with Gasteiger partial charge in [-0.2, -0.15) is 0 Å². The van der Waals surface area contributed by atoms with Crippen LogP contribution in [0.1, 0.15) is 13.3 Å². The van der Waals surface area contributed by atoms with Crippen molar-refractivity contribution in [3.05, 3.63) is 0 Å². The normalized spacial score (nSPS) is 14.2. The van der Waals surface area contributed by atoms with E-state index in [-0.39, 0.29) is 0 Å². The first-order valence-electron chi connectivity index (χ1n) is 4.29. The molecule has 0 aliphatic carbocycles. The Kier molecular flexibility index (Phi) is 8.25. The molecule has 0 radical (unpaired) electrons. The van der Waals surface area contributed by atoms with Gasteiger partial charge in [-0.25, -0.2) is 4.57 Å². The average molecular weight is 260 g/mol. The second-order valence-corrected chi connectivity index (χ2v) is 8.60. The SMILES string of the molecule is CCCS(=O)CCSP(=O)(OC)OC. The van der Waals surface area contributed by atoms with E-state index in [9.17, 15) is 8.77 Å². The van der Waals surface area contributed by atoms with Gasteiger partial charge in [0.15, 0.2) is 0 Å². The zero-order valence-corrected chi connectivity index (χ0v) is 11.3. The summed E-state index contributed by atoms with van der Waals surface area (Å²) < 4.78 is 32.2. The van der Waals surface area contributed by atoms with Crippen molar-refractivity contribution in [2.75, 3.05) is 31.5 Å². The molecule has 1 unspecified atom stereocenters. The van der Waals surface area contributed by atoms with E-state index in [4.69, 9.17) is 9.05 Å². The topological polar surface area (TPSA) is 52.6 Å². The highest BCUT2D eigenvalue weighted by atomic mass is 32.7. The molecule has 0 fully saturated rings. The molecule has 0 saturated heterocycles. The molecule has 0 aromatic carbocycles. The Morgan fingerprint density at radius 1 is 1.29 bits per heavy atom. The third kappa shape index (κ3) is 6.19. The number of hydrogen-bond acceptors (Lipinski definition) is 5. The minimum atomic E-state index is -2.97. The van der Waals surface area contributed by atoms with Crippen LogP contribution < -0.4 is 0 Å². The highest BCUT2D eigenvalue weighted by Gasteiger charge is 2.21. The molecule has 14 heavy (non-hydrogen) atoms. The van der Waals surface area contributed by atoms with E-state index in [1.165, 1.54) is 14.2 Å². The van der Waals surface area contributed by atoms with Gasteiger partial charge in [0.05, 0.1) is 0 Å². The minimum absolute atomic E-state index is 0.533. The van der Waals surface area contributed by atoms with E-state index in [0.717, 1.165) is 17.8 Å². The molecular weight excluding hydrogens is 243 g/mol. The summed E-state index contributed by atoms with van der Waals surface area (Å²) in [4.78, 5) is 0. The fourth-order valence-corrected chi connectivity index (χ4v) is 5.01. The van der Waals surface area contributed by atoms with Gasteiger partial charge in [0, 0.05) is 42.3 Å². The van der Waals surface area contributed by atoms with Gasteiger partial charge in [-0.05, 0) is 17.8 Å². The summed E-state index contributed by atoms with van der Waals surface area (Å²) in [6.07, 6.45) is 0.906. The van der Waals surface area contributed by atoms with Gasteiger partial charge in [-0.1, -0.05) is 6.92 Å². The predicted octanol–water partition coefficient (Wildman–Crippen LogP) is 2.28. The van der Waals surface area contributed by atoms with Crippen LogP contribution >= 0.6 is 18.2 Å². The van der Waals surface area contributed by atoms with Crippen LogP contribution in [0, 0.1) is 0 Å². The molecule has 0 aliphatic rings. The molecule has 0 N–H and O–H groups in total. The largest absolute Gasteiger partial charge is 0.388 e. The summed E-state index contributed by atoms with van der Waals surface area (Å²) >= 11 is 1.10. The molecule has 0 saturated carbocycles. The quantitative estimate of drug-likeness (QED) is 0.627. The van der Waals surface area contributed by atoms with E-state index in [1.54, 1.807) is 0 Å². The summed E-state index contributed by atoms with van der Waals surface area (Å²) in [5, 5.41) is 0. The molecule has 0 amide bonds. The maximum Gasteiger partial charge on any atom is 0.388 e. The number of hydrogen-bond donors (Lipinski definition) is 0. The Morgan fingerprint density at radius 2 is 1.86 bits per heavy atom. The van der Waals surface area contributed by atoms with Crippen molar-refractivity contribution in [3.63, 3.8) is 0 Å². The van der Waals surface area contributed by atoms with E-state index in [0.29, 0.717) is 17.3 Å². The first kappa shape index (κ1) is 14.6. The van der Waals surface area contributed by atoms with Gasteiger partial charge in [0.2, 0.25) is 0 Å². The lowest BCUT2D eigenvalue weighted by atomic mass is 10.6. The monoisotopic (exact) mass is 260 g/mol. The van der Waals surface area contributed by atoms with Crippen LogP contribution in [0.5, 0.6) is 0 Å². The summed E-state index contributed by atoms with van der Waals surface area (Å²) in [7, 11) is 1.88. The molecule has 0 aromatic heterocycles. The Balaban J connectivity index is 3.72. The summed E-state index contributed by atoms with van der Waals surface area (Å²) in [6.45, 7) is -0.988. The first-order chi connectivity index (χ1) is 6.58. The zero-order valence-electron chi connectivity index (χ0n) is 8.73. The van der Waals surface area contributed by atoms with E-state index in [2.05, 4.69) is 0 Å². The molecule has 0 rings (SSSR count). The highest BCUT2D eigenvalue weighted by molar-refractivity contribution is 8.55. The van der Waals surface area contributed by atoms with Crippen molar-refractivity contribution in [1.82, 2.24) is 0 Å². The lowest BCUT2D eigenvalue weighted by molar-refractivity contribution is 0.295. The van der Waals surface area contributed by atoms with E-state index >= 15 is 0 Å². The average Bonchev–Trinajstić information content (AvgIpc) is 2.18.